The minimum Gasteiger partial charge on any atom is -0.481 e. The zero-order chi connectivity index (χ0) is 23.4. The summed E-state index contributed by atoms with van der Waals surface area (Å²) in [7, 11) is 0. The summed E-state index contributed by atoms with van der Waals surface area (Å²) in [6.45, 7) is 4.02. The van der Waals surface area contributed by atoms with Crippen LogP contribution in [0.5, 0.6) is 0 Å². The third-order valence-corrected chi connectivity index (χ3v) is 5.77. The molecule has 0 heterocycles. The lowest BCUT2D eigenvalue weighted by Gasteiger charge is -2.27. The van der Waals surface area contributed by atoms with Crippen LogP contribution in [0.25, 0.3) is 0 Å². The summed E-state index contributed by atoms with van der Waals surface area (Å²) in [5, 5.41) is 9.13. The van der Waals surface area contributed by atoms with Gasteiger partial charge in [-0.1, -0.05) is 101 Å². The van der Waals surface area contributed by atoms with Gasteiger partial charge in [-0.25, -0.2) is 0 Å². The SMILES string of the molecule is CCCCCCCCCCCCCC(OC(C)=O)C(CCC(=O)O)OCc1ccccc1. The van der Waals surface area contributed by atoms with Gasteiger partial charge in [-0.2, -0.15) is 0 Å². The molecule has 0 fully saturated rings. The van der Waals surface area contributed by atoms with E-state index in [2.05, 4.69) is 6.92 Å². The van der Waals surface area contributed by atoms with Crippen molar-refractivity contribution in [2.45, 2.75) is 123 Å². The number of aliphatic carboxylic acids is 1. The van der Waals surface area contributed by atoms with Crippen molar-refractivity contribution in [2.75, 3.05) is 0 Å². The van der Waals surface area contributed by atoms with Crippen molar-refractivity contribution in [1.82, 2.24) is 0 Å². The van der Waals surface area contributed by atoms with Crippen LogP contribution in [0.3, 0.4) is 0 Å². The molecular weight excluding hydrogens is 404 g/mol. The van der Waals surface area contributed by atoms with E-state index in [1.807, 2.05) is 30.3 Å². The molecule has 182 valence electrons. The molecule has 0 saturated heterocycles. The summed E-state index contributed by atoms with van der Waals surface area (Å²) in [4.78, 5) is 22.8. The lowest BCUT2D eigenvalue weighted by atomic mass is 10.00. The largest absolute Gasteiger partial charge is 0.481 e. The third-order valence-electron chi connectivity index (χ3n) is 5.77. The predicted molar refractivity (Wildman–Crippen MR) is 129 cm³/mol. The van der Waals surface area contributed by atoms with Crippen molar-refractivity contribution in [3.63, 3.8) is 0 Å². The van der Waals surface area contributed by atoms with Gasteiger partial charge in [0.05, 0.1) is 12.7 Å². The van der Waals surface area contributed by atoms with E-state index in [4.69, 9.17) is 14.6 Å². The normalized spacial score (nSPS) is 12.9. The second kappa shape index (κ2) is 18.7. The third kappa shape index (κ3) is 15.0. The van der Waals surface area contributed by atoms with Gasteiger partial charge in [0, 0.05) is 13.3 Å². The average molecular weight is 449 g/mol. The fraction of sp³-hybridized carbons (Fsp3) is 0.704. The molecule has 0 radical (unpaired) electrons. The molecule has 1 aromatic carbocycles. The molecule has 0 aliphatic rings. The Hall–Kier alpha value is -1.88. The maximum atomic E-state index is 11.7. The molecule has 5 nitrogen and oxygen atoms in total. The van der Waals surface area contributed by atoms with Crippen LogP contribution >= 0.6 is 0 Å². The Morgan fingerprint density at radius 3 is 1.91 bits per heavy atom. The zero-order valence-corrected chi connectivity index (χ0v) is 20.2. The second-order valence-corrected chi connectivity index (χ2v) is 8.74. The van der Waals surface area contributed by atoms with Crippen molar-refractivity contribution >= 4 is 11.9 Å². The molecule has 32 heavy (non-hydrogen) atoms. The first-order valence-corrected chi connectivity index (χ1v) is 12.6. The van der Waals surface area contributed by atoms with Crippen LogP contribution in [0.4, 0.5) is 0 Å². The summed E-state index contributed by atoms with van der Waals surface area (Å²) in [6, 6.07) is 9.77. The lowest BCUT2D eigenvalue weighted by Crippen LogP contribution is -2.33. The number of benzene rings is 1. The first kappa shape index (κ1) is 28.2. The highest BCUT2D eigenvalue weighted by atomic mass is 16.6. The van der Waals surface area contributed by atoms with Crippen LogP contribution < -0.4 is 0 Å². The Morgan fingerprint density at radius 1 is 0.812 bits per heavy atom. The molecule has 0 amide bonds. The highest BCUT2D eigenvalue weighted by molar-refractivity contribution is 5.67. The number of rotatable bonds is 20. The van der Waals surface area contributed by atoms with Gasteiger partial charge in [0.25, 0.3) is 0 Å². The molecular formula is C27H44O5. The number of ether oxygens (including phenoxy) is 2. The number of carboxylic acids is 1. The number of carbonyl (C=O) groups is 2. The van der Waals surface area contributed by atoms with E-state index in [0.29, 0.717) is 19.4 Å². The number of esters is 1. The second-order valence-electron chi connectivity index (χ2n) is 8.74. The van der Waals surface area contributed by atoms with Gasteiger partial charge in [-0.3, -0.25) is 9.59 Å². The molecule has 1 N–H and O–H groups in total. The Labute approximate surface area is 194 Å². The maximum absolute atomic E-state index is 11.7. The van der Waals surface area contributed by atoms with Crippen LogP contribution in [-0.2, 0) is 25.7 Å². The smallest absolute Gasteiger partial charge is 0.303 e. The van der Waals surface area contributed by atoms with Gasteiger partial charge in [0.2, 0.25) is 0 Å². The van der Waals surface area contributed by atoms with Crippen LogP contribution in [0.15, 0.2) is 30.3 Å². The summed E-state index contributed by atoms with van der Waals surface area (Å²) >= 11 is 0. The summed E-state index contributed by atoms with van der Waals surface area (Å²) in [5.74, 6) is -1.21. The minimum atomic E-state index is -0.866. The Kier molecular flexibility index (Phi) is 16.4. The van der Waals surface area contributed by atoms with E-state index in [-0.39, 0.29) is 12.4 Å². The molecule has 0 aliphatic heterocycles. The van der Waals surface area contributed by atoms with Crippen molar-refractivity contribution < 1.29 is 24.2 Å². The number of carbonyl (C=O) groups excluding carboxylic acids is 1. The van der Waals surface area contributed by atoms with E-state index in [0.717, 1.165) is 18.4 Å². The van der Waals surface area contributed by atoms with Crippen LogP contribution in [-0.4, -0.2) is 29.3 Å². The summed E-state index contributed by atoms with van der Waals surface area (Å²) in [6.07, 6.45) is 14.0. The van der Waals surface area contributed by atoms with Crippen molar-refractivity contribution in [3.05, 3.63) is 35.9 Å². The highest BCUT2D eigenvalue weighted by Gasteiger charge is 2.25. The van der Waals surface area contributed by atoms with Gasteiger partial charge in [-0.05, 0) is 24.8 Å². The van der Waals surface area contributed by atoms with Gasteiger partial charge in [-0.15, -0.1) is 0 Å². The fourth-order valence-electron chi connectivity index (χ4n) is 3.96. The minimum absolute atomic E-state index is 0.00449. The lowest BCUT2D eigenvalue weighted by molar-refractivity contribution is -0.157. The average Bonchev–Trinajstić information content (AvgIpc) is 2.77. The number of hydrogen-bond acceptors (Lipinski definition) is 4. The molecule has 0 saturated carbocycles. The molecule has 5 heteroatoms. The van der Waals surface area contributed by atoms with E-state index < -0.39 is 18.2 Å². The van der Waals surface area contributed by atoms with Gasteiger partial charge >= 0.3 is 11.9 Å². The highest BCUT2D eigenvalue weighted by Crippen LogP contribution is 2.20. The molecule has 2 atom stereocenters. The van der Waals surface area contributed by atoms with Crippen LogP contribution in [0.2, 0.25) is 0 Å². The van der Waals surface area contributed by atoms with E-state index in [9.17, 15) is 9.59 Å². The molecule has 0 bridgehead atoms. The fourth-order valence-corrected chi connectivity index (χ4v) is 3.96. The first-order chi connectivity index (χ1) is 15.5. The van der Waals surface area contributed by atoms with Gasteiger partial charge in [0.15, 0.2) is 0 Å². The zero-order valence-electron chi connectivity index (χ0n) is 20.2. The Morgan fingerprint density at radius 2 is 1.38 bits per heavy atom. The van der Waals surface area contributed by atoms with Gasteiger partial charge in [0.1, 0.15) is 6.10 Å². The molecule has 0 aromatic heterocycles. The number of carboxylic acid groups (broad SMARTS) is 1. The Bertz CT molecular complexity index is 601. The quantitative estimate of drug-likeness (QED) is 0.171. The molecule has 0 spiro atoms. The molecule has 2 unspecified atom stereocenters. The van der Waals surface area contributed by atoms with Crippen molar-refractivity contribution in [3.8, 4) is 0 Å². The molecule has 0 aliphatic carbocycles. The first-order valence-electron chi connectivity index (χ1n) is 12.6. The van der Waals surface area contributed by atoms with Gasteiger partial charge < -0.3 is 14.6 Å². The maximum Gasteiger partial charge on any atom is 0.303 e. The predicted octanol–water partition coefficient (Wildman–Crippen LogP) is 7.07. The Balaban J connectivity index is 2.41. The monoisotopic (exact) mass is 448 g/mol. The standard InChI is InChI=1S/C27H44O5/c1-3-4-5-6-7-8-9-10-11-12-16-19-26(32-23(2)28)25(20-21-27(29)30)31-22-24-17-14-13-15-18-24/h13-15,17-18,25-26H,3-12,16,19-22H2,1-2H3,(H,29,30). The summed E-state index contributed by atoms with van der Waals surface area (Å²) in [5.41, 5.74) is 1.02. The van der Waals surface area contributed by atoms with E-state index in [1.54, 1.807) is 0 Å². The van der Waals surface area contributed by atoms with Crippen LogP contribution in [0, 0.1) is 0 Å². The van der Waals surface area contributed by atoms with E-state index >= 15 is 0 Å². The topological polar surface area (TPSA) is 72.8 Å². The van der Waals surface area contributed by atoms with E-state index in [1.165, 1.54) is 64.7 Å². The molecule has 1 aromatic rings. The van der Waals surface area contributed by atoms with Crippen molar-refractivity contribution in [2.24, 2.45) is 0 Å². The summed E-state index contributed by atoms with van der Waals surface area (Å²) < 4.78 is 11.6. The number of unbranched alkanes of at least 4 members (excludes halogenated alkanes) is 10. The molecule has 1 rings (SSSR count). The van der Waals surface area contributed by atoms with Crippen molar-refractivity contribution in [1.29, 1.82) is 0 Å². The van der Waals surface area contributed by atoms with Crippen LogP contribution in [0.1, 0.15) is 109 Å². The number of hydrogen-bond donors (Lipinski definition) is 1.